The van der Waals surface area contributed by atoms with E-state index >= 15 is 0 Å². The average Bonchev–Trinajstić information content (AvgIpc) is 2.81. The van der Waals surface area contributed by atoms with Crippen molar-refractivity contribution in [3.05, 3.63) is 71.1 Å². The highest BCUT2D eigenvalue weighted by atomic mass is 35.5. The van der Waals surface area contributed by atoms with E-state index in [2.05, 4.69) is 21.9 Å². The maximum Gasteiger partial charge on any atom is 0.141 e. The van der Waals surface area contributed by atoms with Crippen molar-refractivity contribution in [2.45, 2.75) is 19.8 Å². The highest BCUT2D eigenvalue weighted by Gasteiger charge is 2.19. The number of hydrogen-bond donors (Lipinski definition) is 0. The van der Waals surface area contributed by atoms with Crippen molar-refractivity contribution < 1.29 is 4.74 Å². The summed E-state index contributed by atoms with van der Waals surface area (Å²) < 4.78 is 5.93. The first-order chi connectivity index (χ1) is 13.6. The average molecular weight is 393 g/mol. The molecule has 2 aromatic carbocycles. The molecule has 0 fully saturated rings. The quantitative estimate of drug-likeness (QED) is 0.583. The Balaban J connectivity index is 1.66. The van der Waals surface area contributed by atoms with E-state index in [1.54, 1.807) is 6.07 Å². The van der Waals surface area contributed by atoms with Gasteiger partial charge in [0.2, 0.25) is 0 Å². The van der Waals surface area contributed by atoms with Crippen LogP contribution >= 0.6 is 11.6 Å². The fourth-order valence-corrected chi connectivity index (χ4v) is 3.41. The summed E-state index contributed by atoms with van der Waals surface area (Å²) in [4.78, 5) is 16.1. The molecule has 142 valence electrons. The highest BCUT2D eigenvalue weighted by Crippen LogP contribution is 2.29. The van der Waals surface area contributed by atoms with E-state index in [9.17, 15) is 0 Å². The van der Waals surface area contributed by atoms with Gasteiger partial charge < -0.3 is 9.64 Å². The molecule has 2 heterocycles. The van der Waals surface area contributed by atoms with Gasteiger partial charge >= 0.3 is 0 Å². The van der Waals surface area contributed by atoms with Gasteiger partial charge in [0.25, 0.3) is 0 Å². The maximum absolute atomic E-state index is 6.04. The van der Waals surface area contributed by atoms with Crippen LogP contribution in [0.2, 0.25) is 5.02 Å². The van der Waals surface area contributed by atoms with Gasteiger partial charge in [-0.05, 0) is 50.1 Å². The van der Waals surface area contributed by atoms with Crippen LogP contribution in [0.1, 0.15) is 24.2 Å². The van der Waals surface area contributed by atoms with Crippen molar-refractivity contribution in [2.75, 3.05) is 18.5 Å². The van der Waals surface area contributed by atoms with Gasteiger partial charge in [0.05, 0.1) is 17.0 Å². The summed E-state index contributed by atoms with van der Waals surface area (Å²) in [5.74, 6) is 3.12. The van der Waals surface area contributed by atoms with Crippen LogP contribution in [0.25, 0.3) is 0 Å². The summed E-state index contributed by atoms with van der Waals surface area (Å²) in [6.45, 7) is 2.85. The molecule has 4 rings (SSSR count). The Kier molecular flexibility index (Phi) is 5.26. The molecule has 0 atom stereocenters. The Bertz CT molecular complexity index is 1030. The third-order valence-electron chi connectivity index (χ3n) is 4.58. The van der Waals surface area contributed by atoms with Crippen molar-refractivity contribution in [3.8, 4) is 11.5 Å². The van der Waals surface area contributed by atoms with Crippen LogP contribution < -0.4 is 9.64 Å². The summed E-state index contributed by atoms with van der Waals surface area (Å²) in [6.07, 6.45) is 3.78. The standard InChI is InChI=1S/C22H21ClN4O/c1-15-24-14-20-21(10-5-11-27(2)22(20)25-15)26-17-7-4-9-19(13-17)28-18-8-3-6-16(23)12-18/h3-4,6-9,12-14H,5,10-11H2,1-2H3. The monoisotopic (exact) mass is 392 g/mol. The zero-order chi connectivity index (χ0) is 19.5. The largest absolute Gasteiger partial charge is 0.457 e. The van der Waals surface area contributed by atoms with Gasteiger partial charge in [-0.1, -0.05) is 23.7 Å². The second-order valence-electron chi connectivity index (χ2n) is 6.79. The molecule has 1 aliphatic rings. The number of anilines is 1. The fraction of sp³-hybridized carbons (Fsp3) is 0.227. The first-order valence-electron chi connectivity index (χ1n) is 9.25. The van der Waals surface area contributed by atoms with Crippen LogP contribution in [-0.2, 0) is 0 Å². The number of rotatable bonds is 3. The van der Waals surface area contributed by atoms with Crippen LogP contribution in [0.4, 0.5) is 11.5 Å². The number of aryl methyl sites for hydroxylation is 1. The Morgan fingerprint density at radius 2 is 1.89 bits per heavy atom. The molecule has 0 saturated heterocycles. The van der Waals surface area contributed by atoms with Gasteiger partial charge in [0.1, 0.15) is 23.1 Å². The Morgan fingerprint density at radius 3 is 2.71 bits per heavy atom. The van der Waals surface area contributed by atoms with Crippen LogP contribution in [0.15, 0.2) is 59.7 Å². The summed E-state index contributed by atoms with van der Waals surface area (Å²) in [5, 5.41) is 0.642. The van der Waals surface area contributed by atoms with Gasteiger partial charge in [0.15, 0.2) is 0 Å². The number of benzene rings is 2. The summed E-state index contributed by atoms with van der Waals surface area (Å²) in [7, 11) is 2.06. The smallest absolute Gasteiger partial charge is 0.141 e. The lowest BCUT2D eigenvalue weighted by Crippen LogP contribution is -2.19. The molecule has 0 spiro atoms. The number of fused-ring (bicyclic) bond motifs is 1. The SMILES string of the molecule is Cc1ncc2c(n1)N(C)CCCC2=Nc1cccc(Oc2cccc(Cl)c2)c1. The van der Waals surface area contributed by atoms with Crippen molar-refractivity contribution in [3.63, 3.8) is 0 Å². The second-order valence-corrected chi connectivity index (χ2v) is 7.23. The molecule has 1 aromatic heterocycles. The molecule has 0 bridgehead atoms. The van der Waals surface area contributed by atoms with Gasteiger partial charge in [0, 0.05) is 30.9 Å². The van der Waals surface area contributed by atoms with Crippen LogP contribution in [-0.4, -0.2) is 29.3 Å². The molecule has 0 unspecified atom stereocenters. The predicted octanol–water partition coefficient (Wildman–Crippen LogP) is 5.58. The van der Waals surface area contributed by atoms with Crippen molar-refractivity contribution >= 4 is 28.8 Å². The van der Waals surface area contributed by atoms with E-state index in [-0.39, 0.29) is 0 Å². The minimum atomic E-state index is 0.642. The Labute approximate surface area is 169 Å². The number of aromatic nitrogens is 2. The number of nitrogens with zero attached hydrogens (tertiary/aromatic N) is 4. The van der Waals surface area contributed by atoms with Gasteiger partial charge in [-0.15, -0.1) is 0 Å². The van der Waals surface area contributed by atoms with Crippen molar-refractivity contribution in [1.29, 1.82) is 0 Å². The van der Waals surface area contributed by atoms with E-state index in [0.29, 0.717) is 10.8 Å². The highest BCUT2D eigenvalue weighted by molar-refractivity contribution is 6.30. The molecule has 6 heteroatoms. The molecule has 0 radical (unpaired) electrons. The van der Waals surface area contributed by atoms with Gasteiger partial charge in [-0.2, -0.15) is 0 Å². The maximum atomic E-state index is 6.04. The minimum Gasteiger partial charge on any atom is -0.457 e. The van der Waals surface area contributed by atoms with E-state index in [0.717, 1.165) is 53.7 Å². The molecule has 28 heavy (non-hydrogen) atoms. The number of aliphatic imine (C=N–C) groups is 1. The zero-order valence-corrected chi connectivity index (χ0v) is 16.6. The van der Waals surface area contributed by atoms with Crippen molar-refractivity contribution in [2.24, 2.45) is 4.99 Å². The van der Waals surface area contributed by atoms with Crippen LogP contribution in [0, 0.1) is 6.92 Å². The van der Waals surface area contributed by atoms with E-state index in [4.69, 9.17) is 21.3 Å². The number of halogens is 1. The van der Waals surface area contributed by atoms with Crippen LogP contribution in [0.5, 0.6) is 11.5 Å². The minimum absolute atomic E-state index is 0.642. The molecule has 5 nitrogen and oxygen atoms in total. The second kappa shape index (κ2) is 7.98. The molecule has 0 saturated carbocycles. The lowest BCUT2D eigenvalue weighted by molar-refractivity contribution is 0.483. The molecular weight excluding hydrogens is 372 g/mol. The van der Waals surface area contributed by atoms with E-state index < -0.39 is 0 Å². The number of hydrogen-bond acceptors (Lipinski definition) is 5. The first kappa shape index (κ1) is 18.4. The van der Waals surface area contributed by atoms with E-state index in [1.807, 2.05) is 55.6 Å². The molecule has 3 aromatic rings. The Hall–Kier alpha value is -2.92. The van der Waals surface area contributed by atoms with Crippen LogP contribution in [0.3, 0.4) is 0 Å². The third-order valence-corrected chi connectivity index (χ3v) is 4.82. The third kappa shape index (κ3) is 4.15. The normalized spacial score (nSPS) is 15.2. The van der Waals surface area contributed by atoms with Gasteiger partial charge in [-0.25, -0.2) is 9.97 Å². The molecule has 0 N–H and O–H groups in total. The summed E-state index contributed by atoms with van der Waals surface area (Å²) in [6, 6.07) is 15.1. The summed E-state index contributed by atoms with van der Waals surface area (Å²) >= 11 is 6.04. The predicted molar refractivity (Wildman–Crippen MR) is 113 cm³/mol. The molecule has 0 amide bonds. The number of ether oxygens (including phenoxy) is 1. The van der Waals surface area contributed by atoms with E-state index in [1.165, 1.54) is 0 Å². The summed E-state index contributed by atoms with van der Waals surface area (Å²) in [5.41, 5.74) is 2.83. The fourth-order valence-electron chi connectivity index (χ4n) is 3.23. The first-order valence-corrected chi connectivity index (χ1v) is 9.62. The molecular formula is C22H21ClN4O. The lowest BCUT2D eigenvalue weighted by Gasteiger charge is -2.17. The lowest BCUT2D eigenvalue weighted by atomic mass is 10.1. The molecule has 1 aliphatic heterocycles. The molecule has 0 aliphatic carbocycles. The van der Waals surface area contributed by atoms with Crippen molar-refractivity contribution in [1.82, 2.24) is 9.97 Å². The Morgan fingerprint density at radius 1 is 1.11 bits per heavy atom. The van der Waals surface area contributed by atoms with Gasteiger partial charge in [-0.3, -0.25) is 4.99 Å². The topological polar surface area (TPSA) is 50.6 Å². The zero-order valence-electron chi connectivity index (χ0n) is 15.9.